The second-order valence-electron chi connectivity index (χ2n) is 3.32. The summed E-state index contributed by atoms with van der Waals surface area (Å²) in [6, 6.07) is 1.43. The normalized spacial score (nSPS) is 11.8. The number of carbonyl (C=O) groups is 1. The summed E-state index contributed by atoms with van der Waals surface area (Å²) in [5, 5.41) is 8.77. The van der Waals surface area contributed by atoms with Gasteiger partial charge in [0.1, 0.15) is 12.2 Å². The highest BCUT2D eigenvalue weighted by Crippen LogP contribution is 2.23. The number of nitrogens with zero attached hydrogens (tertiary/aromatic N) is 1. The van der Waals surface area contributed by atoms with Crippen molar-refractivity contribution in [2.24, 2.45) is 0 Å². The molecule has 0 aliphatic rings. The lowest BCUT2D eigenvalue weighted by molar-refractivity contribution is -0.141. The third-order valence-corrected chi connectivity index (χ3v) is 2.03. The molecule has 0 fully saturated rings. The van der Waals surface area contributed by atoms with E-state index in [1.807, 2.05) is 0 Å². The van der Waals surface area contributed by atoms with Gasteiger partial charge in [0, 0.05) is 5.69 Å². The molecule has 6 heteroatoms. The molecule has 0 atom stereocenters. The molecule has 3 nitrogen and oxygen atoms in total. The molecule has 1 rings (SSSR count). The Bertz CT molecular complexity index is 393. The first kappa shape index (κ1) is 11.6. The quantitative estimate of drug-likeness (QED) is 0.832. The number of halogens is 3. The smallest absolute Gasteiger partial charge is 0.406 e. The van der Waals surface area contributed by atoms with Crippen LogP contribution in [0.2, 0.25) is 0 Å². The maximum Gasteiger partial charge on any atom is 0.406 e. The highest BCUT2D eigenvalue weighted by molar-refractivity contribution is 5.87. The zero-order valence-electron chi connectivity index (χ0n) is 8.22. The number of alkyl halides is 3. The van der Waals surface area contributed by atoms with Crippen LogP contribution in [0, 0.1) is 13.8 Å². The van der Waals surface area contributed by atoms with Crippen LogP contribution < -0.4 is 0 Å². The van der Waals surface area contributed by atoms with Gasteiger partial charge in [-0.15, -0.1) is 0 Å². The van der Waals surface area contributed by atoms with Crippen LogP contribution in [0.5, 0.6) is 0 Å². The van der Waals surface area contributed by atoms with E-state index in [0.717, 1.165) is 4.57 Å². The van der Waals surface area contributed by atoms with E-state index in [4.69, 9.17) is 5.11 Å². The lowest BCUT2D eigenvalue weighted by Crippen LogP contribution is -2.22. The third-order valence-electron chi connectivity index (χ3n) is 2.03. The van der Waals surface area contributed by atoms with Crippen molar-refractivity contribution in [2.75, 3.05) is 0 Å². The second-order valence-corrected chi connectivity index (χ2v) is 3.32. The third kappa shape index (κ3) is 2.51. The Hall–Kier alpha value is -1.46. The van der Waals surface area contributed by atoms with E-state index in [-0.39, 0.29) is 5.69 Å². The fraction of sp³-hybridized carbons (Fsp3) is 0.444. The van der Waals surface area contributed by atoms with Crippen molar-refractivity contribution in [3.05, 3.63) is 23.0 Å². The number of aryl methyl sites for hydroxylation is 2. The predicted octanol–water partition coefficient (Wildman–Crippen LogP) is 2.37. The van der Waals surface area contributed by atoms with Crippen LogP contribution in [0.1, 0.15) is 21.7 Å². The van der Waals surface area contributed by atoms with E-state index in [9.17, 15) is 18.0 Å². The first-order valence-corrected chi connectivity index (χ1v) is 4.19. The van der Waals surface area contributed by atoms with Crippen LogP contribution in [-0.2, 0) is 6.54 Å². The topological polar surface area (TPSA) is 42.2 Å². The maximum atomic E-state index is 12.2. The van der Waals surface area contributed by atoms with Gasteiger partial charge in [-0.25, -0.2) is 4.79 Å². The molecular formula is C9H10F3NO2. The van der Waals surface area contributed by atoms with E-state index in [2.05, 4.69) is 0 Å². The van der Waals surface area contributed by atoms with Crippen molar-refractivity contribution in [1.29, 1.82) is 0 Å². The molecule has 0 saturated carbocycles. The first-order valence-electron chi connectivity index (χ1n) is 4.19. The second kappa shape index (κ2) is 3.60. The molecule has 0 bridgehead atoms. The molecule has 0 amide bonds. The SMILES string of the molecule is Cc1cc(C)n(CC(F)(F)F)c1C(=O)O. The number of hydrogen-bond acceptors (Lipinski definition) is 1. The zero-order chi connectivity index (χ0) is 11.8. The number of aromatic nitrogens is 1. The summed E-state index contributed by atoms with van der Waals surface area (Å²) in [5.74, 6) is -1.34. The summed E-state index contributed by atoms with van der Waals surface area (Å²) in [5.41, 5.74) is 0.330. The summed E-state index contributed by atoms with van der Waals surface area (Å²) in [4.78, 5) is 10.8. The van der Waals surface area contributed by atoms with Gasteiger partial charge in [0.05, 0.1) is 0 Å². The zero-order valence-corrected chi connectivity index (χ0v) is 8.22. The highest BCUT2D eigenvalue weighted by atomic mass is 19.4. The molecule has 0 unspecified atom stereocenters. The molecule has 0 aliphatic heterocycles. The number of rotatable bonds is 2. The summed E-state index contributed by atoms with van der Waals surface area (Å²) >= 11 is 0. The average molecular weight is 221 g/mol. The van der Waals surface area contributed by atoms with Crippen molar-refractivity contribution >= 4 is 5.97 Å². The molecule has 1 heterocycles. The molecule has 1 aromatic heterocycles. The van der Waals surface area contributed by atoms with Gasteiger partial charge in [-0.05, 0) is 25.5 Å². The van der Waals surface area contributed by atoms with E-state index >= 15 is 0 Å². The van der Waals surface area contributed by atoms with Crippen LogP contribution in [0.25, 0.3) is 0 Å². The summed E-state index contributed by atoms with van der Waals surface area (Å²) in [7, 11) is 0. The Labute approximate surface area is 84.1 Å². The van der Waals surface area contributed by atoms with Crippen molar-refractivity contribution < 1.29 is 23.1 Å². The van der Waals surface area contributed by atoms with Crippen molar-refractivity contribution in [1.82, 2.24) is 4.57 Å². The molecule has 15 heavy (non-hydrogen) atoms. The monoisotopic (exact) mass is 221 g/mol. The largest absolute Gasteiger partial charge is 0.477 e. The van der Waals surface area contributed by atoms with E-state index in [1.54, 1.807) is 0 Å². The molecule has 0 radical (unpaired) electrons. The van der Waals surface area contributed by atoms with Crippen LogP contribution >= 0.6 is 0 Å². The van der Waals surface area contributed by atoms with Crippen molar-refractivity contribution in [2.45, 2.75) is 26.6 Å². The Morgan fingerprint density at radius 2 is 2.00 bits per heavy atom. The van der Waals surface area contributed by atoms with Crippen LogP contribution in [-0.4, -0.2) is 21.8 Å². The molecule has 0 aliphatic carbocycles. The van der Waals surface area contributed by atoms with Gasteiger partial charge in [0.2, 0.25) is 0 Å². The standard InChI is InChI=1S/C9H10F3NO2/c1-5-3-6(2)13(4-9(10,11)12)7(5)8(14)15/h3H,4H2,1-2H3,(H,14,15). The predicted molar refractivity (Wildman–Crippen MR) is 46.9 cm³/mol. The fourth-order valence-corrected chi connectivity index (χ4v) is 1.52. The molecule has 1 N–H and O–H groups in total. The Kier molecular flexibility index (Phi) is 2.79. The van der Waals surface area contributed by atoms with Gasteiger partial charge >= 0.3 is 12.1 Å². The molecule has 0 saturated heterocycles. The van der Waals surface area contributed by atoms with Crippen LogP contribution in [0.4, 0.5) is 13.2 Å². The minimum absolute atomic E-state index is 0.294. The number of aromatic carboxylic acids is 1. The first-order chi connectivity index (χ1) is 6.72. The van der Waals surface area contributed by atoms with Crippen molar-refractivity contribution in [3.63, 3.8) is 0 Å². The van der Waals surface area contributed by atoms with E-state index < -0.39 is 18.7 Å². The fourth-order valence-electron chi connectivity index (χ4n) is 1.52. The van der Waals surface area contributed by atoms with Crippen LogP contribution in [0.3, 0.4) is 0 Å². The van der Waals surface area contributed by atoms with Gasteiger partial charge in [-0.1, -0.05) is 0 Å². The minimum Gasteiger partial charge on any atom is -0.477 e. The van der Waals surface area contributed by atoms with Gasteiger partial charge in [-0.2, -0.15) is 13.2 Å². The Morgan fingerprint density at radius 1 is 1.47 bits per heavy atom. The molecule has 0 aromatic carbocycles. The summed E-state index contributed by atoms with van der Waals surface area (Å²) < 4.78 is 37.2. The molecular weight excluding hydrogens is 211 g/mol. The number of hydrogen-bond donors (Lipinski definition) is 1. The van der Waals surface area contributed by atoms with Crippen molar-refractivity contribution in [3.8, 4) is 0 Å². The van der Waals surface area contributed by atoms with Gasteiger partial charge in [0.25, 0.3) is 0 Å². The number of carboxylic acid groups (broad SMARTS) is 1. The Balaban J connectivity index is 3.21. The lowest BCUT2D eigenvalue weighted by atomic mass is 10.2. The van der Waals surface area contributed by atoms with Gasteiger partial charge < -0.3 is 9.67 Å². The lowest BCUT2D eigenvalue weighted by Gasteiger charge is -2.12. The maximum absolute atomic E-state index is 12.2. The molecule has 1 aromatic rings. The van der Waals surface area contributed by atoms with Gasteiger partial charge in [0.15, 0.2) is 0 Å². The minimum atomic E-state index is -4.42. The van der Waals surface area contributed by atoms with E-state index in [1.165, 1.54) is 19.9 Å². The molecule has 84 valence electrons. The Morgan fingerprint density at radius 3 is 2.40 bits per heavy atom. The van der Waals surface area contributed by atoms with Gasteiger partial charge in [-0.3, -0.25) is 0 Å². The summed E-state index contributed by atoms with van der Waals surface area (Å²) in [6.07, 6.45) is -4.42. The number of carboxylic acids is 1. The summed E-state index contributed by atoms with van der Waals surface area (Å²) in [6.45, 7) is 1.66. The van der Waals surface area contributed by atoms with Crippen LogP contribution in [0.15, 0.2) is 6.07 Å². The highest BCUT2D eigenvalue weighted by Gasteiger charge is 2.31. The van der Waals surface area contributed by atoms with E-state index in [0.29, 0.717) is 11.3 Å². The average Bonchev–Trinajstić information content (AvgIpc) is 2.23. The molecule has 0 spiro atoms.